The van der Waals surface area contributed by atoms with Gasteiger partial charge in [0.2, 0.25) is 0 Å². The highest BCUT2D eigenvalue weighted by molar-refractivity contribution is 9.10. The van der Waals surface area contributed by atoms with Gasteiger partial charge in [0, 0.05) is 10.5 Å². The molecule has 0 unspecified atom stereocenters. The van der Waals surface area contributed by atoms with E-state index in [0.29, 0.717) is 20.9 Å². The molecule has 104 valence electrons. The van der Waals surface area contributed by atoms with E-state index >= 15 is 0 Å². The van der Waals surface area contributed by atoms with Crippen LogP contribution in [0.15, 0.2) is 40.9 Å². The minimum Gasteiger partial charge on any atom is -0.497 e. The number of rotatable bonds is 3. The van der Waals surface area contributed by atoms with Gasteiger partial charge in [-0.1, -0.05) is 17.7 Å². The Morgan fingerprint density at radius 3 is 2.75 bits per heavy atom. The zero-order valence-electron chi connectivity index (χ0n) is 10.4. The summed E-state index contributed by atoms with van der Waals surface area (Å²) in [6, 6.07) is 9.13. The van der Waals surface area contributed by atoms with Crippen molar-refractivity contribution in [3.8, 4) is 5.75 Å². The van der Waals surface area contributed by atoms with Crippen LogP contribution < -0.4 is 10.1 Å². The molecule has 0 radical (unpaired) electrons. The standard InChI is InChI=1S/C14H10BrClFNO2/c1-20-8-5-6-10(16)12(7-8)18-14(19)13-9(15)3-2-4-11(13)17/h2-7H,1H3,(H,18,19). The lowest BCUT2D eigenvalue weighted by molar-refractivity contribution is 0.102. The average molecular weight is 359 g/mol. The van der Waals surface area contributed by atoms with Gasteiger partial charge in [-0.15, -0.1) is 0 Å². The van der Waals surface area contributed by atoms with Crippen molar-refractivity contribution in [1.82, 2.24) is 0 Å². The van der Waals surface area contributed by atoms with Gasteiger partial charge in [0.05, 0.1) is 23.4 Å². The van der Waals surface area contributed by atoms with E-state index in [4.69, 9.17) is 16.3 Å². The Morgan fingerprint density at radius 2 is 2.10 bits per heavy atom. The molecule has 0 aliphatic heterocycles. The Hall–Kier alpha value is -1.59. The fourth-order valence-electron chi connectivity index (χ4n) is 1.63. The van der Waals surface area contributed by atoms with E-state index in [1.165, 1.54) is 19.2 Å². The molecule has 0 saturated carbocycles. The number of hydrogen-bond donors (Lipinski definition) is 1. The number of amides is 1. The van der Waals surface area contributed by atoms with E-state index in [0.717, 1.165) is 0 Å². The maximum atomic E-state index is 13.7. The van der Waals surface area contributed by atoms with Crippen molar-refractivity contribution >= 4 is 39.1 Å². The molecule has 20 heavy (non-hydrogen) atoms. The number of anilines is 1. The number of hydrogen-bond acceptors (Lipinski definition) is 2. The molecular weight excluding hydrogens is 349 g/mol. The van der Waals surface area contributed by atoms with Crippen molar-refractivity contribution in [2.24, 2.45) is 0 Å². The molecule has 0 bridgehead atoms. The molecule has 1 N–H and O–H groups in total. The summed E-state index contributed by atoms with van der Waals surface area (Å²) in [6.45, 7) is 0. The second kappa shape index (κ2) is 6.24. The maximum Gasteiger partial charge on any atom is 0.259 e. The molecule has 0 spiro atoms. The Bertz CT molecular complexity index is 643. The first-order valence-electron chi connectivity index (χ1n) is 5.62. The summed E-state index contributed by atoms with van der Waals surface area (Å²) < 4.78 is 19.1. The quantitative estimate of drug-likeness (QED) is 0.877. The third-order valence-corrected chi connectivity index (χ3v) is 3.60. The summed E-state index contributed by atoms with van der Waals surface area (Å²) in [5.74, 6) is -0.668. The van der Waals surface area contributed by atoms with E-state index in [-0.39, 0.29) is 5.56 Å². The molecule has 0 atom stereocenters. The molecule has 0 saturated heterocycles. The molecule has 0 aliphatic carbocycles. The number of carbonyl (C=O) groups excluding carboxylic acids is 1. The molecule has 3 nitrogen and oxygen atoms in total. The summed E-state index contributed by atoms with van der Waals surface area (Å²) in [4.78, 5) is 12.1. The molecule has 0 heterocycles. The second-order valence-electron chi connectivity index (χ2n) is 3.90. The molecule has 1 amide bonds. The number of carbonyl (C=O) groups is 1. The van der Waals surface area contributed by atoms with Crippen LogP contribution in [0.1, 0.15) is 10.4 Å². The fourth-order valence-corrected chi connectivity index (χ4v) is 2.31. The smallest absolute Gasteiger partial charge is 0.259 e. The third kappa shape index (κ3) is 3.11. The van der Waals surface area contributed by atoms with Crippen LogP contribution in [0.3, 0.4) is 0 Å². The van der Waals surface area contributed by atoms with Crippen LogP contribution >= 0.6 is 27.5 Å². The SMILES string of the molecule is COc1ccc(Cl)c(NC(=O)c2c(F)cccc2Br)c1. The van der Waals surface area contributed by atoms with Gasteiger partial charge in [-0.25, -0.2) is 4.39 Å². The maximum absolute atomic E-state index is 13.7. The van der Waals surface area contributed by atoms with Crippen LogP contribution in [-0.2, 0) is 0 Å². The lowest BCUT2D eigenvalue weighted by atomic mass is 10.2. The van der Waals surface area contributed by atoms with E-state index in [1.54, 1.807) is 24.3 Å². The van der Waals surface area contributed by atoms with E-state index in [9.17, 15) is 9.18 Å². The third-order valence-electron chi connectivity index (χ3n) is 2.61. The van der Waals surface area contributed by atoms with E-state index in [1.807, 2.05) is 0 Å². The number of methoxy groups -OCH3 is 1. The molecule has 2 aromatic rings. The summed E-state index contributed by atoms with van der Waals surface area (Å²) in [7, 11) is 1.50. The summed E-state index contributed by atoms with van der Waals surface area (Å²) in [5, 5.41) is 2.90. The van der Waals surface area contributed by atoms with Gasteiger partial charge in [0.1, 0.15) is 11.6 Å². The summed E-state index contributed by atoms with van der Waals surface area (Å²) in [5.41, 5.74) is 0.276. The van der Waals surface area contributed by atoms with Crippen molar-refractivity contribution in [3.05, 3.63) is 57.3 Å². The molecule has 6 heteroatoms. The van der Waals surface area contributed by atoms with Gasteiger partial charge < -0.3 is 10.1 Å². The number of benzene rings is 2. The molecule has 2 aromatic carbocycles. The highest BCUT2D eigenvalue weighted by Crippen LogP contribution is 2.28. The van der Waals surface area contributed by atoms with Gasteiger partial charge in [-0.3, -0.25) is 4.79 Å². The van der Waals surface area contributed by atoms with Crippen LogP contribution in [0.25, 0.3) is 0 Å². The van der Waals surface area contributed by atoms with E-state index < -0.39 is 11.7 Å². The Balaban J connectivity index is 2.33. The normalized spacial score (nSPS) is 10.2. The first-order chi connectivity index (χ1) is 9.52. The van der Waals surface area contributed by atoms with E-state index in [2.05, 4.69) is 21.2 Å². The van der Waals surface area contributed by atoms with Crippen LogP contribution in [0, 0.1) is 5.82 Å². The summed E-state index contributed by atoms with van der Waals surface area (Å²) in [6.07, 6.45) is 0. The lowest BCUT2D eigenvalue weighted by Crippen LogP contribution is -2.14. The molecular formula is C14H10BrClFNO2. The monoisotopic (exact) mass is 357 g/mol. The first-order valence-corrected chi connectivity index (χ1v) is 6.79. The van der Waals surface area contributed by atoms with Gasteiger partial charge in [0.25, 0.3) is 5.91 Å². The van der Waals surface area contributed by atoms with Gasteiger partial charge in [0.15, 0.2) is 0 Å². The Kier molecular flexibility index (Phi) is 4.62. The summed E-state index contributed by atoms with van der Waals surface area (Å²) >= 11 is 9.14. The Morgan fingerprint density at radius 1 is 1.35 bits per heavy atom. The Labute approximate surface area is 128 Å². The van der Waals surface area contributed by atoms with Crippen molar-refractivity contribution in [2.45, 2.75) is 0 Å². The topological polar surface area (TPSA) is 38.3 Å². The first kappa shape index (κ1) is 14.8. The van der Waals surface area contributed by atoms with Crippen LogP contribution in [0.5, 0.6) is 5.75 Å². The average Bonchev–Trinajstić information content (AvgIpc) is 2.41. The predicted octanol–water partition coefficient (Wildman–Crippen LogP) is 4.50. The predicted molar refractivity (Wildman–Crippen MR) is 80.1 cm³/mol. The molecule has 0 fully saturated rings. The van der Waals surface area contributed by atoms with Crippen molar-refractivity contribution in [2.75, 3.05) is 12.4 Å². The minimum absolute atomic E-state index is 0.0774. The van der Waals surface area contributed by atoms with Gasteiger partial charge >= 0.3 is 0 Å². The highest BCUT2D eigenvalue weighted by Gasteiger charge is 2.16. The van der Waals surface area contributed by atoms with Crippen molar-refractivity contribution < 1.29 is 13.9 Å². The number of nitrogens with one attached hydrogen (secondary N) is 1. The second-order valence-corrected chi connectivity index (χ2v) is 5.16. The number of ether oxygens (including phenoxy) is 1. The van der Waals surface area contributed by atoms with Crippen molar-refractivity contribution in [1.29, 1.82) is 0 Å². The minimum atomic E-state index is -0.615. The van der Waals surface area contributed by atoms with Gasteiger partial charge in [-0.2, -0.15) is 0 Å². The molecule has 0 aliphatic rings. The zero-order valence-corrected chi connectivity index (χ0v) is 12.8. The molecule has 2 rings (SSSR count). The molecule has 0 aromatic heterocycles. The van der Waals surface area contributed by atoms with Crippen LogP contribution in [0.2, 0.25) is 5.02 Å². The van der Waals surface area contributed by atoms with Crippen LogP contribution in [0.4, 0.5) is 10.1 Å². The largest absolute Gasteiger partial charge is 0.497 e. The van der Waals surface area contributed by atoms with Crippen molar-refractivity contribution in [3.63, 3.8) is 0 Å². The fraction of sp³-hybridized carbons (Fsp3) is 0.0714. The highest BCUT2D eigenvalue weighted by atomic mass is 79.9. The lowest BCUT2D eigenvalue weighted by Gasteiger charge is -2.10. The zero-order chi connectivity index (χ0) is 14.7. The number of halogens is 3. The van der Waals surface area contributed by atoms with Crippen LogP contribution in [-0.4, -0.2) is 13.0 Å². The van der Waals surface area contributed by atoms with Gasteiger partial charge in [-0.05, 0) is 40.2 Å².